The topological polar surface area (TPSA) is 66.5 Å². The van der Waals surface area contributed by atoms with Gasteiger partial charge in [0.25, 0.3) is 0 Å². The molecule has 0 saturated carbocycles. The molecular weight excluding hydrogens is 440 g/mol. The molecule has 5 rings (SSSR count). The van der Waals surface area contributed by atoms with Crippen LogP contribution in [-0.2, 0) is 20.7 Å². The molecule has 2 heterocycles. The van der Waals surface area contributed by atoms with Crippen molar-refractivity contribution in [2.24, 2.45) is 5.73 Å². The quantitative estimate of drug-likeness (QED) is 0.411. The number of aromatic nitrogens is 1. The molecule has 1 aromatic heterocycles. The summed E-state index contributed by atoms with van der Waals surface area (Å²) in [6, 6.07) is 20.0. The zero-order chi connectivity index (χ0) is 22.2. The standard InChI is InChI=1S/C25H22N2O3S2/c1-2-29-24(28)21-19(15-9-5-3-6-10-15)20-18(30-23(21)26)14-13-17-22(20)32-25(31)27(17)16-11-7-4-8-12-16/h3-12,19H,2,13-14,26H2,1H3. The van der Waals surface area contributed by atoms with Crippen molar-refractivity contribution in [3.63, 3.8) is 0 Å². The minimum absolute atomic E-state index is 0.116. The van der Waals surface area contributed by atoms with E-state index in [0.29, 0.717) is 12.0 Å². The molecule has 162 valence electrons. The van der Waals surface area contributed by atoms with Crippen molar-refractivity contribution < 1.29 is 14.3 Å². The Kier molecular flexibility index (Phi) is 5.45. The average molecular weight is 463 g/mol. The van der Waals surface area contributed by atoms with Crippen LogP contribution >= 0.6 is 23.6 Å². The number of carbonyl (C=O) groups is 1. The molecule has 5 nitrogen and oxygen atoms in total. The van der Waals surface area contributed by atoms with Crippen LogP contribution in [0.5, 0.6) is 0 Å². The van der Waals surface area contributed by atoms with E-state index >= 15 is 0 Å². The second-order valence-electron chi connectivity index (χ2n) is 7.60. The van der Waals surface area contributed by atoms with Crippen LogP contribution in [0, 0.1) is 3.95 Å². The van der Waals surface area contributed by atoms with Crippen LogP contribution in [0.15, 0.2) is 77.9 Å². The van der Waals surface area contributed by atoms with Crippen LogP contribution in [0.4, 0.5) is 0 Å². The number of nitrogens with two attached hydrogens (primary N) is 1. The van der Waals surface area contributed by atoms with Gasteiger partial charge in [0, 0.05) is 23.4 Å². The van der Waals surface area contributed by atoms with Gasteiger partial charge in [-0.2, -0.15) is 0 Å². The van der Waals surface area contributed by atoms with E-state index in [1.165, 1.54) is 0 Å². The van der Waals surface area contributed by atoms with Gasteiger partial charge in [-0.3, -0.25) is 4.57 Å². The number of thiazole rings is 1. The van der Waals surface area contributed by atoms with Crippen LogP contribution in [0.1, 0.15) is 35.4 Å². The molecule has 1 aliphatic carbocycles. The van der Waals surface area contributed by atoms with Crippen molar-refractivity contribution in [1.82, 2.24) is 4.57 Å². The fourth-order valence-corrected chi connectivity index (χ4v) is 6.05. The van der Waals surface area contributed by atoms with E-state index in [1.807, 2.05) is 48.5 Å². The summed E-state index contributed by atoms with van der Waals surface area (Å²) in [6.07, 6.45) is 1.46. The number of hydrogen-bond donors (Lipinski definition) is 1. The first-order valence-corrected chi connectivity index (χ1v) is 11.8. The number of benzene rings is 2. The van der Waals surface area contributed by atoms with E-state index in [-0.39, 0.29) is 18.4 Å². The van der Waals surface area contributed by atoms with E-state index in [4.69, 9.17) is 27.4 Å². The lowest BCUT2D eigenvalue weighted by Crippen LogP contribution is -2.28. The molecule has 0 spiro atoms. The summed E-state index contributed by atoms with van der Waals surface area (Å²) in [5, 5.41) is 0. The number of carbonyl (C=O) groups excluding carboxylic acids is 1. The summed E-state index contributed by atoms with van der Waals surface area (Å²) in [6.45, 7) is 2.04. The SMILES string of the molecule is CCOC(=O)C1=C(N)OC2=C(c3sc(=S)n(-c4ccccc4)c3CC2)C1c1ccccc1. The fourth-order valence-electron chi connectivity index (χ4n) is 4.45. The lowest BCUT2D eigenvalue weighted by atomic mass is 9.79. The van der Waals surface area contributed by atoms with Crippen LogP contribution in [0.25, 0.3) is 11.3 Å². The van der Waals surface area contributed by atoms with Gasteiger partial charge in [-0.1, -0.05) is 48.5 Å². The molecule has 0 saturated heterocycles. The largest absolute Gasteiger partial charge is 0.462 e. The molecule has 2 N–H and O–H groups in total. The normalized spacial score (nSPS) is 17.5. The van der Waals surface area contributed by atoms with Gasteiger partial charge in [0.2, 0.25) is 5.88 Å². The molecule has 1 unspecified atom stereocenters. The van der Waals surface area contributed by atoms with Gasteiger partial charge in [0.15, 0.2) is 3.95 Å². The first kappa shape index (κ1) is 20.7. The fraction of sp³-hybridized carbons (Fsp3) is 0.200. The number of ether oxygens (including phenoxy) is 2. The molecule has 0 bridgehead atoms. The van der Waals surface area contributed by atoms with E-state index in [1.54, 1.807) is 18.3 Å². The van der Waals surface area contributed by atoms with Crippen molar-refractivity contribution in [2.45, 2.75) is 25.7 Å². The van der Waals surface area contributed by atoms with Crippen LogP contribution in [-0.4, -0.2) is 17.1 Å². The van der Waals surface area contributed by atoms with Crippen molar-refractivity contribution in [1.29, 1.82) is 0 Å². The maximum atomic E-state index is 13.0. The first-order valence-electron chi connectivity index (χ1n) is 10.5. The molecule has 7 heteroatoms. The summed E-state index contributed by atoms with van der Waals surface area (Å²) in [5.41, 5.74) is 10.7. The number of allylic oxidation sites excluding steroid dienone is 2. The van der Waals surface area contributed by atoms with E-state index in [9.17, 15) is 4.79 Å². The highest BCUT2D eigenvalue weighted by atomic mass is 32.1. The van der Waals surface area contributed by atoms with E-state index in [2.05, 4.69) is 16.7 Å². The minimum atomic E-state index is -0.455. The molecule has 3 aromatic rings. The maximum absolute atomic E-state index is 13.0. The monoisotopic (exact) mass is 462 g/mol. The third kappa shape index (κ3) is 3.38. The maximum Gasteiger partial charge on any atom is 0.340 e. The third-order valence-electron chi connectivity index (χ3n) is 5.76. The lowest BCUT2D eigenvalue weighted by molar-refractivity contribution is -0.139. The van der Waals surface area contributed by atoms with Gasteiger partial charge in [-0.05, 0) is 43.3 Å². The number of esters is 1. The molecule has 32 heavy (non-hydrogen) atoms. The van der Waals surface area contributed by atoms with Crippen LogP contribution < -0.4 is 5.73 Å². The predicted molar refractivity (Wildman–Crippen MR) is 128 cm³/mol. The Balaban J connectivity index is 1.72. The predicted octanol–water partition coefficient (Wildman–Crippen LogP) is 5.47. The molecule has 1 aliphatic heterocycles. The Morgan fingerprint density at radius 1 is 1.16 bits per heavy atom. The highest BCUT2D eigenvalue weighted by molar-refractivity contribution is 7.73. The zero-order valence-electron chi connectivity index (χ0n) is 17.5. The summed E-state index contributed by atoms with van der Waals surface area (Å²) in [5.74, 6) is 0.0814. The molecular formula is C25H22N2O3S2. The van der Waals surface area contributed by atoms with Gasteiger partial charge >= 0.3 is 5.97 Å². The number of hydrogen-bond acceptors (Lipinski definition) is 6. The smallest absolute Gasteiger partial charge is 0.340 e. The average Bonchev–Trinajstić information content (AvgIpc) is 3.15. The number of fused-ring (bicyclic) bond motifs is 2. The molecule has 0 radical (unpaired) electrons. The summed E-state index contributed by atoms with van der Waals surface area (Å²) < 4.78 is 14.3. The second kappa shape index (κ2) is 8.41. The Morgan fingerprint density at radius 3 is 2.53 bits per heavy atom. The summed E-state index contributed by atoms with van der Waals surface area (Å²) in [4.78, 5) is 14.0. The Bertz CT molecular complexity index is 1300. The Labute approximate surface area is 195 Å². The van der Waals surface area contributed by atoms with Crippen LogP contribution in [0.3, 0.4) is 0 Å². The number of rotatable bonds is 4. The first-order chi connectivity index (χ1) is 15.6. The van der Waals surface area contributed by atoms with Gasteiger partial charge in [0.1, 0.15) is 11.3 Å². The molecule has 2 aliphatic rings. The number of para-hydroxylation sites is 1. The van der Waals surface area contributed by atoms with Crippen molar-refractivity contribution in [3.8, 4) is 5.69 Å². The molecule has 0 amide bonds. The summed E-state index contributed by atoms with van der Waals surface area (Å²) in [7, 11) is 0. The van der Waals surface area contributed by atoms with Crippen molar-refractivity contribution in [2.75, 3.05) is 6.61 Å². The molecule has 0 fully saturated rings. The van der Waals surface area contributed by atoms with Gasteiger partial charge in [-0.25, -0.2) is 4.79 Å². The van der Waals surface area contributed by atoms with E-state index < -0.39 is 5.97 Å². The highest BCUT2D eigenvalue weighted by Gasteiger charge is 2.41. The summed E-state index contributed by atoms with van der Waals surface area (Å²) >= 11 is 7.34. The minimum Gasteiger partial charge on any atom is -0.462 e. The van der Waals surface area contributed by atoms with Crippen molar-refractivity contribution in [3.05, 3.63) is 98.0 Å². The highest BCUT2D eigenvalue weighted by Crippen LogP contribution is 2.51. The lowest BCUT2D eigenvalue weighted by Gasteiger charge is -2.33. The molecule has 1 atom stereocenters. The number of nitrogens with zero attached hydrogens (tertiary/aromatic N) is 1. The second-order valence-corrected chi connectivity index (χ2v) is 9.24. The van der Waals surface area contributed by atoms with Crippen molar-refractivity contribution >= 4 is 35.1 Å². The zero-order valence-corrected chi connectivity index (χ0v) is 19.2. The molecule has 2 aromatic carbocycles. The van der Waals surface area contributed by atoms with Gasteiger partial charge in [-0.15, -0.1) is 11.3 Å². The van der Waals surface area contributed by atoms with Gasteiger partial charge in [0.05, 0.1) is 17.4 Å². The van der Waals surface area contributed by atoms with Gasteiger partial charge < -0.3 is 15.2 Å². The Morgan fingerprint density at radius 2 is 1.84 bits per heavy atom. The Hall–Kier alpha value is -3.16. The van der Waals surface area contributed by atoms with Crippen LogP contribution in [0.2, 0.25) is 0 Å². The van der Waals surface area contributed by atoms with E-state index in [0.717, 1.165) is 43.5 Å². The third-order valence-corrected chi connectivity index (χ3v) is 7.21.